The molecule has 1 aromatic carbocycles. The number of ether oxygens (including phenoxy) is 1. The van der Waals surface area contributed by atoms with Gasteiger partial charge in [-0.05, 0) is 6.07 Å². The quantitative estimate of drug-likeness (QED) is 0.754. The van der Waals surface area contributed by atoms with Gasteiger partial charge >= 0.3 is 0 Å². The third-order valence-corrected chi connectivity index (χ3v) is 2.33. The van der Waals surface area contributed by atoms with E-state index in [-0.39, 0.29) is 12.6 Å². The van der Waals surface area contributed by atoms with E-state index in [1.165, 1.54) is 0 Å². The fourth-order valence-electron chi connectivity index (χ4n) is 1.47. The van der Waals surface area contributed by atoms with Gasteiger partial charge in [0.05, 0.1) is 6.61 Å². The summed E-state index contributed by atoms with van der Waals surface area (Å²) in [7, 11) is 1.73. The molecule has 94 valence electrons. The van der Waals surface area contributed by atoms with Crippen molar-refractivity contribution in [3.8, 4) is 11.6 Å². The molecule has 0 spiro atoms. The molecule has 0 unspecified atom stereocenters. The molecule has 0 fully saturated rings. The van der Waals surface area contributed by atoms with Crippen LogP contribution in [0, 0.1) is 0 Å². The number of aromatic nitrogens is 2. The fraction of sp³-hybridized carbons (Fsp3) is 0.167. The number of hydrogen-bond acceptors (Lipinski definition) is 6. The molecule has 0 amide bonds. The van der Waals surface area contributed by atoms with Gasteiger partial charge in [0.15, 0.2) is 0 Å². The Morgan fingerprint density at radius 3 is 2.83 bits per heavy atom. The summed E-state index contributed by atoms with van der Waals surface area (Å²) in [5.41, 5.74) is 6.25. The topological polar surface area (TPSA) is 93.3 Å². The highest BCUT2D eigenvalue weighted by molar-refractivity contribution is 5.44. The lowest BCUT2D eigenvalue weighted by Gasteiger charge is -2.09. The molecule has 2 rings (SSSR count). The second-order valence-electron chi connectivity index (χ2n) is 3.57. The maximum absolute atomic E-state index is 9.20. The number of nitrogen functional groups attached to an aromatic ring is 1. The van der Waals surface area contributed by atoms with E-state index >= 15 is 0 Å². The van der Waals surface area contributed by atoms with Crippen molar-refractivity contribution in [2.45, 2.75) is 6.61 Å². The second kappa shape index (κ2) is 5.33. The first-order valence-corrected chi connectivity index (χ1v) is 5.42. The van der Waals surface area contributed by atoms with Crippen molar-refractivity contribution in [3.05, 3.63) is 35.9 Å². The SMILES string of the molecule is CNc1cc(Oc2ccccc2CO)nc(N)n1. The van der Waals surface area contributed by atoms with Crippen LogP contribution in [0.3, 0.4) is 0 Å². The summed E-state index contributed by atoms with van der Waals surface area (Å²) in [6.45, 7) is -0.102. The third kappa shape index (κ3) is 2.67. The van der Waals surface area contributed by atoms with Crippen LogP contribution in [0.4, 0.5) is 11.8 Å². The molecule has 4 N–H and O–H groups in total. The molecule has 6 heteroatoms. The van der Waals surface area contributed by atoms with Crippen LogP contribution in [0.2, 0.25) is 0 Å². The zero-order valence-corrected chi connectivity index (χ0v) is 9.92. The lowest BCUT2D eigenvalue weighted by atomic mass is 10.2. The van der Waals surface area contributed by atoms with E-state index in [1.807, 2.05) is 12.1 Å². The van der Waals surface area contributed by atoms with Gasteiger partial charge in [-0.3, -0.25) is 0 Å². The van der Waals surface area contributed by atoms with E-state index < -0.39 is 0 Å². The zero-order chi connectivity index (χ0) is 13.0. The highest BCUT2D eigenvalue weighted by atomic mass is 16.5. The number of para-hydroxylation sites is 1. The molecule has 0 aliphatic carbocycles. The highest BCUT2D eigenvalue weighted by Gasteiger charge is 2.06. The number of nitrogens with one attached hydrogen (secondary N) is 1. The second-order valence-corrected chi connectivity index (χ2v) is 3.57. The van der Waals surface area contributed by atoms with E-state index in [4.69, 9.17) is 10.5 Å². The number of nitrogens with two attached hydrogens (primary N) is 1. The van der Waals surface area contributed by atoms with Crippen LogP contribution in [-0.2, 0) is 6.61 Å². The Balaban J connectivity index is 2.30. The molecule has 0 saturated heterocycles. The van der Waals surface area contributed by atoms with Crippen molar-refractivity contribution in [1.82, 2.24) is 9.97 Å². The lowest BCUT2D eigenvalue weighted by molar-refractivity contribution is 0.276. The minimum absolute atomic E-state index is 0.102. The van der Waals surface area contributed by atoms with E-state index in [9.17, 15) is 5.11 Å². The smallest absolute Gasteiger partial charge is 0.226 e. The van der Waals surface area contributed by atoms with Crippen LogP contribution in [0.15, 0.2) is 30.3 Å². The number of aliphatic hydroxyl groups is 1. The zero-order valence-electron chi connectivity index (χ0n) is 9.92. The Bertz CT molecular complexity index is 545. The Kier molecular flexibility index (Phi) is 3.59. The summed E-state index contributed by atoms with van der Waals surface area (Å²) in [6, 6.07) is 8.80. The molecule has 6 nitrogen and oxygen atoms in total. The number of benzene rings is 1. The lowest BCUT2D eigenvalue weighted by Crippen LogP contribution is -2.02. The van der Waals surface area contributed by atoms with Gasteiger partial charge in [0.1, 0.15) is 11.6 Å². The Morgan fingerprint density at radius 1 is 1.33 bits per heavy atom. The maximum Gasteiger partial charge on any atom is 0.226 e. The van der Waals surface area contributed by atoms with Crippen molar-refractivity contribution in [2.24, 2.45) is 0 Å². The summed E-state index contributed by atoms with van der Waals surface area (Å²) in [4.78, 5) is 7.94. The summed E-state index contributed by atoms with van der Waals surface area (Å²) in [5, 5.41) is 12.1. The van der Waals surface area contributed by atoms with E-state index in [0.717, 1.165) is 0 Å². The first-order valence-electron chi connectivity index (χ1n) is 5.42. The molecule has 2 aromatic rings. The summed E-state index contributed by atoms with van der Waals surface area (Å²) >= 11 is 0. The van der Waals surface area contributed by atoms with Gasteiger partial charge in [-0.15, -0.1) is 0 Å². The third-order valence-electron chi connectivity index (χ3n) is 2.33. The number of rotatable bonds is 4. The predicted octanol–water partition coefficient (Wildman–Crippen LogP) is 1.39. The van der Waals surface area contributed by atoms with Gasteiger partial charge in [-0.25, -0.2) is 0 Å². The standard InChI is InChI=1S/C12H14N4O2/c1-14-10-6-11(16-12(13)15-10)18-9-5-3-2-4-8(9)7-17/h2-6,17H,7H2,1H3,(H3,13,14,15,16). The highest BCUT2D eigenvalue weighted by Crippen LogP contribution is 2.25. The average Bonchev–Trinajstić information content (AvgIpc) is 2.38. The largest absolute Gasteiger partial charge is 0.438 e. The van der Waals surface area contributed by atoms with Crippen molar-refractivity contribution in [3.63, 3.8) is 0 Å². The van der Waals surface area contributed by atoms with Crippen LogP contribution in [0.5, 0.6) is 11.6 Å². The molecule has 18 heavy (non-hydrogen) atoms. The number of hydrogen-bond donors (Lipinski definition) is 3. The molecule has 0 radical (unpaired) electrons. The van der Waals surface area contributed by atoms with Crippen LogP contribution < -0.4 is 15.8 Å². The molecule has 0 bridgehead atoms. The Morgan fingerprint density at radius 2 is 2.11 bits per heavy atom. The number of anilines is 2. The minimum atomic E-state index is -0.102. The van der Waals surface area contributed by atoms with E-state index in [0.29, 0.717) is 23.0 Å². The van der Waals surface area contributed by atoms with Crippen molar-refractivity contribution in [2.75, 3.05) is 18.1 Å². The maximum atomic E-state index is 9.20. The van der Waals surface area contributed by atoms with Crippen molar-refractivity contribution >= 4 is 11.8 Å². The first kappa shape index (κ1) is 12.1. The van der Waals surface area contributed by atoms with Crippen LogP contribution >= 0.6 is 0 Å². The van der Waals surface area contributed by atoms with Gasteiger partial charge in [0.2, 0.25) is 11.8 Å². The molecular weight excluding hydrogens is 232 g/mol. The van der Waals surface area contributed by atoms with Crippen LogP contribution in [-0.4, -0.2) is 22.1 Å². The molecule has 0 saturated carbocycles. The predicted molar refractivity (Wildman–Crippen MR) is 68.4 cm³/mol. The van der Waals surface area contributed by atoms with Crippen LogP contribution in [0.25, 0.3) is 0 Å². The molecular formula is C12H14N4O2. The van der Waals surface area contributed by atoms with Gasteiger partial charge in [0.25, 0.3) is 0 Å². The number of aliphatic hydroxyl groups excluding tert-OH is 1. The first-order chi connectivity index (χ1) is 8.72. The monoisotopic (exact) mass is 246 g/mol. The Labute approximate surface area is 104 Å². The minimum Gasteiger partial charge on any atom is -0.438 e. The van der Waals surface area contributed by atoms with Crippen molar-refractivity contribution in [1.29, 1.82) is 0 Å². The molecule has 0 aliphatic heterocycles. The Hall–Kier alpha value is -2.34. The molecule has 1 aromatic heterocycles. The molecule has 0 atom stereocenters. The summed E-state index contributed by atoms with van der Waals surface area (Å²) < 4.78 is 5.59. The van der Waals surface area contributed by atoms with Gasteiger partial charge in [-0.1, -0.05) is 18.2 Å². The van der Waals surface area contributed by atoms with Gasteiger partial charge < -0.3 is 20.9 Å². The van der Waals surface area contributed by atoms with Crippen LogP contribution in [0.1, 0.15) is 5.56 Å². The van der Waals surface area contributed by atoms with E-state index in [2.05, 4.69) is 15.3 Å². The van der Waals surface area contributed by atoms with E-state index in [1.54, 1.807) is 25.2 Å². The van der Waals surface area contributed by atoms with Gasteiger partial charge in [0, 0.05) is 18.7 Å². The van der Waals surface area contributed by atoms with Gasteiger partial charge in [-0.2, -0.15) is 9.97 Å². The molecule has 1 heterocycles. The number of nitrogens with zero attached hydrogens (tertiary/aromatic N) is 2. The van der Waals surface area contributed by atoms with Crippen molar-refractivity contribution < 1.29 is 9.84 Å². The summed E-state index contributed by atoms with van der Waals surface area (Å²) in [6.07, 6.45) is 0. The normalized spacial score (nSPS) is 10.1. The summed E-state index contributed by atoms with van der Waals surface area (Å²) in [5.74, 6) is 1.56. The fourth-order valence-corrected chi connectivity index (χ4v) is 1.47. The average molecular weight is 246 g/mol. The molecule has 0 aliphatic rings.